The Morgan fingerprint density at radius 2 is 2.40 bits per heavy atom. The van der Waals surface area contributed by atoms with Gasteiger partial charge in [0.15, 0.2) is 0 Å². The molecule has 0 bridgehead atoms. The van der Waals surface area contributed by atoms with Crippen LogP contribution in [-0.2, 0) is 14.4 Å². The molecule has 0 radical (unpaired) electrons. The van der Waals surface area contributed by atoms with Crippen LogP contribution in [0.2, 0.25) is 5.02 Å². The van der Waals surface area contributed by atoms with Crippen LogP contribution in [-0.4, -0.2) is 25.4 Å². The van der Waals surface area contributed by atoms with Crippen molar-refractivity contribution in [2.45, 2.75) is 6.92 Å². The molecule has 1 rings (SSSR count). The van der Waals surface area contributed by atoms with Gasteiger partial charge in [-0.25, -0.2) is 4.79 Å². The molecule has 4 nitrogen and oxygen atoms in total. The fourth-order valence-electron chi connectivity index (χ4n) is 0.925. The highest BCUT2D eigenvalue weighted by molar-refractivity contribution is 7.13. The highest BCUT2D eigenvalue weighted by atomic mass is 35.5. The predicted octanol–water partition coefficient (Wildman–Crippen LogP) is 2.32. The third-order valence-electron chi connectivity index (χ3n) is 1.48. The summed E-state index contributed by atoms with van der Waals surface area (Å²) in [6.45, 7) is 2.00. The molecule has 1 heterocycles. The molecule has 6 heteroatoms. The molecule has 0 saturated carbocycles. The van der Waals surface area contributed by atoms with Gasteiger partial charge >= 0.3 is 5.97 Å². The molecule has 0 saturated heterocycles. The number of esters is 1. The van der Waals surface area contributed by atoms with Crippen LogP contribution < -0.4 is 0 Å². The first-order valence-electron chi connectivity index (χ1n) is 4.22. The molecule has 0 aliphatic heterocycles. The van der Waals surface area contributed by atoms with Crippen LogP contribution in [0.5, 0.6) is 0 Å². The van der Waals surface area contributed by atoms with E-state index in [0.29, 0.717) is 9.90 Å². The Bertz CT molecular complexity index is 375. The summed E-state index contributed by atoms with van der Waals surface area (Å²) in [5, 5.41) is 5.84. The normalized spacial score (nSPS) is 11.3. The molecular weight excluding hydrogens is 238 g/mol. The van der Waals surface area contributed by atoms with Crippen LogP contribution in [0.4, 0.5) is 0 Å². The van der Waals surface area contributed by atoms with Gasteiger partial charge in [-0.2, -0.15) is 0 Å². The lowest BCUT2D eigenvalue weighted by atomic mass is 10.3. The van der Waals surface area contributed by atoms with Gasteiger partial charge in [-0.1, -0.05) is 16.8 Å². The number of rotatable bonds is 4. The van der Waals surface area contributed by atoms with Crippen LogP contribution in [0.15, 0.2) is 16.6 Å². The number of ether oxygens (including phenoxy) is 1. The van der Waals surface area contributed by atoms with Gasteiger partial charge in [0.25, 0.3) is 0 Å². The van der Waals surface area contributed by atoms with Gasteiger partial charge in [0.2, 0.25) is 5.71 Å². The van der Waals surface area contributed by atoms with Gasteiger partial charge in [-0.05, 0) is 18.4 Å². The third-order valence-corrected chi connectivity index (χ3v) is 2.83. The van der Waals surface area contributed by atoms with Gasteiger partial charge in [-0.3, -0.25) is 0 Å². The predicted molar refractivity (Wildman–Crippen MR) is 59.5 cm³/mol. The van der Waals surface area contributed by atoms with E-state index in [1.807, 2.05) is 0 Å². The van der Waals surface area contributed by atoms with Crippen molar-refractivity contribution in [1.29, 1.82) is 0 Å². The summed E-state index contributed by atoms with van der Waals surface area (Å²) in [6.07, 6.45) is 0. The lowest BCUT2D eigenvalue weighted by Gasteiger charge is -2.03. The number of halogens is 1. The van der Waals surface area contributed by atoms with Crippen molar-refractivity contribution in [2.24, 2.45) is 5.16 Å². The summed E-state index contributed by atoms with van der Waals surface area (Å²) in [6, 6.07) is 1.69. The Labute approximate surface area is 96.4 Å². The molecule has 15 heavy (non-hydrogen) atoms. The largest absolute Gasteiger partial charge is 0.461 e. The number of carbonyl (C=O) groups excluding carboxylic acids is 1. The minimum Gasteiger partial charge on any atom is -0.461 e. The topological polar surface area (TPSA) is 47.9 Å². The van der Waals surface area contributed by atoms with Gasteiger partial charge in [0.1, 0.15) is 7.11 Å². The van der Waals surface area contributed by atoms with Crippen LogP contribution >= 0.6 is 22.9 Å². The summed E-state index contributed by atoms with van der Waals surface area (Å²) in [7, 11) is 1.36. The van der Waals surface area contributed by atoms with Gasteiger partial charge in [0.05, 0.1) is 16.5 Å². The maximum absolute atomic E-state index is 11.5. The first-order valence-corrected chi connectivity index (χ1v) is 5.48. The zero-order valence-electron chi connectivity index (χ0n) is 8.32. The molecule has 0 atom stereocenters. The lowest BCUT2D eigenvalue weighted by molar-refractivity contribution is -0.135. The minimum absolute atomic E-state index is 0.0966. The summed E-state index contributed by atoms with van der Waals surface area (Å²) in [4.78, 5) is 16.6. The number of nitrogens with zero attached hydrogens (tertiary/aromatic N) is 1. The van der Waals surface area contributed by atoms with Gasteiger partial charge in [0, 0.05) is 0 Å². The monoisotopic (exact) mass is 247 g/mol. The number of hydrogen-bond acceptors (Lipinski definition) is 5. The fraction of sp³-hybridized carbons (Fsp3) is 0.333. The van der Waals surface area contributed by atoms with Crippen molar-refractivity contribution in [3.05, 3.63) is 21.3 Å². The molecule has 0 amide bonds. The molecule has 0 spiro atoms. The Morgan fingerprint density at radius 3 is 2.87 bits per heavy atom. The highest BCUT2D eigenvalue weighted by Gasteiger charge is 2.20. The zero-order valence-corrected chi connectivity index (χ0v) is 9.89. The molecular formula is C9H10ClNO3S. The molecule has 0 aliphatic carbocycles. The van der Waals surface area contributed by atoms with Crippen LogP contribution in [0, 0.1) is 0 Å². The van der Waals surface area contributed by atoms with E-state index in [-0.39, 0.29) is 12.3 Å². The average Bonchev–Trinajstić information content (AvgIpc) is 2.61. The second-order valence-corrected chi connectivity index (χ2v) is 3.76. The molecule has 1 aromatic rings. The molecule has 0 fully saturated rings. The van der Waals surface area contributed by atoms with Crippen molar-refractivity contribution in [3.8, 4) is 0 Å². The fourth-order valence-corrected chi connectivity index (χ4v) is 2.04. The van der Waals surface area contributed by atoms with Crippen molar-refractivity contribution in [3.63, 3.8) is 0 Å². The highest BCUT2D eigenvalue weighted by Crippen LogP contribution is 2.23. The smallest absolute Gasteiger partial charge is 0.361 e. The van der Waals surface area contributed by atoms with Crippen LogP contribution in [0.25, 0.3) is 0 Å². The molecule has 0 unspecified atom stereocenters. The van der Waals surface area contributed by atoms with Crippen LogP contribution in [0.1, 0.15) is 11.8 Å². The van der Waals surface area contributed by atoms with E-state index >= 15 is 0 Å². The SMILES string of the molecule is CCOC(=O)C(=NOC)c1sccc1Cl. The van der Waals surface area contributed by atoms with Gasteiger partial charge < -0.3 is 9.57 Å². The summed E-state index contributed by atoms with van der Waals surface area (Å²) >= 11 is 7.19. The van der Waals surface area contributed by atoms with E-state index < -0.39 is 5.97 Å². The molecule has 0 N–H and O–H groups in total. The summed E-state index contributed by atoms with van der Waals surface area (Å²) in [5.74, 6) is -0.538. The number of oxime groups is 1. The van der Waals surface area contributed by atoms with E-state index in [2.05, 4.69) is 9.99 Å². The Kier molecular flexibility index (Phi) is 4.58. The van der Waals surface area contributed by atoms with Crippen molar-refractivity contribution in [2.75, 3.05) is 13.7 Å². The van der Waals surface area contributed by atoms with E-state index in [4.69, 9.17) is 16.3 Å². The quantitative estimate of drug-likeness (QED) is 0.466. The molecule has 82 valence electrons. The molecule has 1 aromatic heterocycles. The second-order valence-electron chi connectivity index (χ2n) is 2.44. The third kappa shape index (κ3) is 2.94. The number of thiophene rings is 1. The van der Waals surface area contributed by atoms with Crippen molar-refractivity contribution < 1.29 is 14.4 Å². The first kappa shape index (κ1) is 12.0. The van der Waals surface area contributed by atoms with Crippen molar-refractivity contribution >= 4 is 34.6 Å². The Morgan fingerprint density at radius 1 is 1.67 bits per heavy atom. The standard InChI is InChI=1S/C9H10ClNO3S/c1-3-14-9(12)7(11-13-2)8-6(10)4-5-15-8/h4-5H,3H2,1-2H3. The average molecular weight is 248 g/mol. The van der Waals surface area contributed by atoms with E-state index in [1.165, 1.54) is 18.4 Å². The maximum atomic E-state index is 11.5. The molecule has 0 aliphatic rings. The zero-order chi connectivity index (χ0) is 11.3. The second kappa shape index (κ2) is 5.72. The number of hydrogen-bond donors (Lipinski definition) is 0. The van der Waals surface area contributed by atoms with Gasteiger partial charge in [-0.15, -0.1) is 11.3 Å². The first-order chi connectivity index (χ1) is 7.20. The van der Waals surface area contributed by atoms with Crippen molar-refractivity contribution in [1.82, 2.24) is 0 Å². The van der Waals surface area contributed by atoms with E-state index in [1.54, 1.807) is 18.4 Å². The minimum atomic E-state index is -0.538. The van der Waals surface area contributed by atoms with Crippen LogP contribution in [0.3, 0.4) is 0 Å². The van der Waals surface area contributed by atoms with E-state index in [9.17, 15) is 4.79 Å². The number of carbonyl (C=O) groups is 1. The summed E-state index contributed by atoms with van der Waals surface area (Å²) in [5.41, 5.74) is 0.0966. The Hall–Kier alpha value is -1.07. The lowest BCUT2D eigenvalue weighted by Crippen LogP contribution is -2.18. The van der Waals surface area contributed by atoms with E-state index in [0.717, 1.165) is 0 Å². The maximum Gasteiger partial charge on any atom is 0.361 e. The summed E-state index contributed by atoms with van der Waals surface area (Å²) < 4.78 is 4.83. The Balaban J connectivity index is 2.99. The molecule has 0 aromatic carbocycles.